The summed E-state index contributed by atoms with van der Waals surface area (Å²) < 4.78 is 5.41. The minimum atomic E-state index is 0.0160. The summed E-state index contributed by atoms with van der Waals surface area (Å²) in [6.07, 6.45) is 4.25. The molecule has 2 heterocycles. The Morgan fingerprint density at radius 3 is 3.11 bits per heavy atom. The predicted molar refractivity (Wildman–Crippen MR) is 68.1 cm³/mol. The lowest BCUT2D eigenvalue weighted by atomic mass is 10.1. The molecule has 1 amide bonds. The van der Waals surface area contributed by atoms with E-state index in [1.54, 1.807) is 24.5 Å². The quantitative estimate of drug-likeness (QED) is 0.851. The van der Waals surface area contributed by atoms with Crippen molar-refractivity contribution in [3.8, 4) is 5.75 Å². The molecule has 18 heavy (non-hydrogen) atoms. The molecule has 1 aliphatic rings. The fourth-order valence-corrected chi connectivity index (χ4v) is 2.32. The largest absolute Gasteiger partial charge is 0.482 e. The van der Waals surface area contributed by atoms with Crippen molar-refractivity contribution >= 4 is 5.91 Å². The Balaban J connectivity index is 1.85. The molecule has 2 N–H and O–H groups in total. The molecule has 2 unspecified atom stereocenters. The summed E-state index contributed by atoms with van der Waals surface area (Å²) in [6.45, 7) is 3.50. The van der Waals surface area contributed by atoms with Crippen LogP contribution in [0.15, 0.2) is 24.5 Å². The summed E-state index contributed by atoms with van der Waals surface area (Å²) in [7, 11) is 0. The first-order chi connectivity index (χ1) is 8.70. The van der Waals surface area contributed by atoms with Crippen molar-refractivity contribution in [2.24, 2.45) is 11.7 Å². The van der Waals surface area contributed by atoms with Crippen LogP contribution >= 0.6 is 0 Å². The van der Waals surface area contributed by atoms with Gasteiger partial charge in [0, 0.05) is 18.8 Å². The van der Waals surface area contributed by atoms with Crippen LogP contribution < -0.4 is 10.5 Å². The smallest absolute Gasteiger partial charge is 0.260 e. The number of carbonyl (C=O) groups is 1. The molecular formula is C13H19N3O2. The van der Waals surface area contributed by atoms with Gasteiger partial charge in [-0.2, -0.15) is 0 Å². The maximum absolute atomic E-state index is 12.0. The fourth-order valence-electron chi connectivity index (χ4n) is 2.32. The molecule has 1 aromatic rings. The molecule has 0 aromatic carbocycles. The predicted octanol–water partition coefficient (Wildman–Crippen LogP) is 0.656. The average Bonchev–Trinajstić information content (AvgIpc) is 2.78. The van der Waals surface area contributed by atoms with E-state index in [-0.39, 0.29) is 18.6 Å². The molecule has 0 saturated carbocycles. The van der Waals surface area contributed by atoms with E-state index in [2.05, 4.69) is 11.9 Å². The first-order valence-corrected chi connectivity index (χ1v) is 6.23. The third kappa shape index (κ3) is 2.98. The number of carbonyl (C=O) groups excluding carboxylic acids is 1. The highest BCUT2D eigenvalue weighted by molar-refractivity contribution is 5.78. The van der Waals surface area contributed by atoms with Crippen LogP contribution in [0.25, 0.3) is 0 Å². The first-order valence-electron chi connectivity index (χ1n) is 6.23. The fraction of sp³-hybridized carbons (Fsp3) is 0.538. The Bertz CT molecular complexity index is 396. The highest BCUT2D eigenvalue weighted by Gasteiger charge is 2.31. The van der Waals surface area contributed by atoms with E-state index in [0.717, 1.165) is 13.0 Å². The highest BCUT2D eigenvalue weighted by Crippen LogP contribution is 2.22. The third-order valence-electron chi connectivity index (χ3n) is 3.31. The molecule has 0 bridgehead atoms. The molecule has 2 rings (SSSR count). The van der Waals surface area contributed by atoms with Crippen molar-refractivity contribution in [3.63, 3.8) is 0 Å². The molecule has 2 atom stereocenters. The molecule has 0 radical (unpaired) electrons. The van der Waals surface area contributed by atoms with Crippen LogP contribution in [0, 0.1) is 5.92 Å². The van der Waals surface area contributed by atoms with Crippen LogP contribution in [0.4, 0.5) is 0 Å². The molecular weight excluding hydrogens is 230 g/mol. The average molecular weight is 249 g/mol. The summed E-state index contributed by atoms with van der Waals surface area (Å²) in [5, 5.41) is 0. The zero-order chi connectivity index (χ0) is 13.0. The van der Waals surface area contributed by atoms with Gasteiger partial charge in [0.05, 0.1) is 6.20 Å². The molecule has 1 saturated heterocycles. The van der Waals surface area contributed by atoms with Gasteiger partial charge < -0.3 is 15.4 Å². The maximum atomic E-state index is 12.0. The van der Waals surface area contributed by atoms with Gasteiger partial charge >= 0.3 is 0 Å². The van der Waals surface area contributed by atoms with Crippen LogP contribution in [0.2, 0.25) is 0 Å². The standard InChI is InChI=1S/C13H19N3O2/c1-10-5-11(6-14)8-16(10)13(17)9-18-12-3-2-4-15-7-12/h2-4,7,10-11H,5-6,8-9,14H2,1H3. The number of aromatic nitrogens is 1. The lowest BCUT2D eigenvalue weighted by molar-refractivity contribution is -0.134. The normalized spacial score (nSPS) is 23.1. The number of pyridine rings is 1. The summed E-state index contributed by atoms with van der Waals surface area (Å²) >= 11 is 0. The van der Waals surface area contributed by atoms with Crippen LogP contribution in [-0.2, 0) is 4.79 Å². The summed E-state index contributed by atoms with van der Waals surface area (Å²) in [5.74, 6) is 1.05. The van der Waals surface area contributed by atoms with Crippen molar-refractivity contribution in [2.75, 3.05) is 19.7 Å². The molecule has 1 aliphatic heterocycles. The van der Waals surface area contributed by atoms with Crippen LogP contribution in [0.5, 0.6) is 5.75 Å². The van der Waals surface area contributed by atoms with Crippen molar-refractivity contribution in [2.45, 2.75) is 19.4 Å². The number of amides is 1. The van der Waals surface area contributed by atoms with Crippen LogP contribution in [0.3, 0.4) is 0 Å². The van der Waals surface area contributed by atoms with Gasteiger partial charge in [-0.15, -0.1) is 0 Å². The number of nitrogens with zero attached hydrogens (tertiary/aromatic N) is 2. The van der Waals surface area contributed by atoms with Gasteiger partial charge in [0.1, 0.15) is 5.75 Å². The number of hydrogen-bond acceptors (Lipinski definition) is 4. The maximum Gasteiger partial charge on any atom is 0.260 e. The Labute approximate surface area is 107 Å². The van der Waals surface area contributed by atoms with Gasteiger partial charge in [0.25, 0.3) is 5.91 Å². The molecule has 1 aromatic heterocycles. The van der Waals surface area contributed by atoms with Crippen molar-refractivity contribution in [1.82, 2.24) is 9.88 Å². The van der Waals surface area contributed by atoms with Gasteiger partial charge in [-0.3, -0.25) is 9.78 Å². The monoisotopic (exact) mass is 249 g/mol. The number of nitrogens with two attached hydrogens (primary N) is 1. The first kappa shape index (κ1) is 12.8. The van der Waals surface area contributed by atoms with E-state index < -0.39 is 0 Å². The Morgan fingerprint density at radius 2 is 2.50 bits per heavy atom. The number of hydrogen-bond donors (Lipinski definition) is 1. The Morgan fingerprint density at radius 1 is 1.67 bits per heavy atom. The zero-order valence-electron chi connectivity index (χ0n) is 10.6. The van der Waals surface area contributed by atoms with Crippen molar-refractivity contribution in [1.29, 1.82) is 0 Å². The van der Waals surface area contributed by atoms with Gasteiger partial charge in [-0.05, 0) is 37.9 Å². The third-order valence-corrected chi connectivity index (χ3v) is 3.31. The summed E-state index contributed by atoms with van der Waals surface area (Å²) in [4.78, 5) is 17.8. The minimum Gasteiger partial charge on any atom is -0.482 e. The van der Waals surface area contributed by atoms with Crippen LogP contribution in [-0.4, -0.2) is 41.5 Å². The van der Waals surface area contributed by atoms with Gasteiger partial charge in [0.15, 0.2) is 6.61 Å². The van der Waals surface area contributed by atoms with Gasteiger partial charge in [0.2, 0.25) is 0 Å². The minimum absolute atomic E-state index is 0.0160. The second-order valence-electron chi connectivity index (χ2n) is 4.71. The topological polar surface area (TPSA) is 68.5 Å². The molecule has 0 aliphatic carbocycles. The van der Waals surface area contributed by atoms with Crippen LogP contribution in [0.1, 0.15) is 13.3 Å². The summed E-state index contributed by atoms with van der Waals surface area (Å²) in [5.41, 5.74) is 5.65. The SMILES string of the molecule is CC1CC(CN)CN1C(=O)COc1cccnc1. The van der Waals surface area contributed by atoms with Gasteiger partial charge in [-0.25, -0.2) is 0 Å². The molecule has 5 nitrogen and oxygen atoms in total. The summed E-state index contributed by atoms with van der Waals surface area (Å²) in [6, 6.07) is 3.82. The van der Waals surface area contributed by atoms with Gasteiger partial charge in [-0.1, -0.05) is 0 Å². The molecule has 5 heteroatoms. The number of ether oxygens (including phenoxy) is 1. The van der Waals surface area contributed by atoms with E-state index in [1.165, 1.54) is 0 Å². The molecule has 0 spiro atoms. The zero-order valence-corrected chi connectivity index (χ0v) is 10.6. The Hall–Kier alpha value is -1.62. The van der Waals surface area contributed by atoms with E-state index in [1.807, 2.05) is 4.90 Å². The van der Waals surface area contributed by atoms with E-state index in [4.69, 9.17) is 10.5 Å². The number of rotatable bonds is 4. The second-order valence-corrected chi connectivity index (χ2v) is 4.71. The van der Waals surface area contributed by atoms with Crippen molar-refractivity contribution in [3.05, 3.63) is 24.5 Å². The van der Waals surface area contributed by atoms with Crippen molar-refractivity contribution < 1.29 is 9.53 Å². The van der Waals surface area contributed by atoms with E-state index in [0.29, 0.717) is 18.2 Å². The Kier molecular flexibility index (Phi) is 4.15. The number of likely N-dealkylation sites (tertiary alicyclic amines) is 1. The molecule has 1 fully saturated rings. The van der Waals surface area contributed by atoms with E-state index in [9.17, 15) is 4.79 Å². The lowest BCUT2D eigenvalue weighted by Crippen LogP contribution is -2.37. The van der Waals surface area contributed by atoms with E-state index >= 15 is 0 Å². The highest BCUT2D eigenvalue weighted by atomic mass is 16.5. The molecule has 98 valence electrons. The second kappa shape index (κ2) is 5.82. The lowest BCUT2D eigenvalue weighted by Gasteiger charge is -2.21.